The standard InChI is InChI=1S/C13H19N3/c1-10(2)13-15-7-8-16(13)12-5-3-11(9-14)4-6-12/h3-6,10H,7-9,14H2,1-2H3. The lowest BCUT2D eigenvalue weighted by Gasteiger charge is -2.22. The van der Waals surface area contributed by atoms with Crippen LogP contribution >= 0.6 is 0 Å². The molecule has 2 rings (SSSR count). The smallest absolute Gasteiger partial charge is 0.106 e. The molecule has 0 aromatic heterocycles. The topological polar surface area (TPSA) is 41.6 Å². The second-order valence-corrected chi connectivity index (χ2v) is 4.42. The zero-order valence-corrected chi connectivity index (χ0v) is 9.98. The van der Waals surface area contributed by atoms with Gasteiger partial charge in [0.15, 0.2) is 0 Å². The summed E-state index contributed by atoms with van der Waals surface area (Å²) in [6.07, 6.45) is 0. The summed E-state index contributed by atoms with van der Waals surface area (Å²) >= 11 is 0. The van der Waals surface area contributed by atoms with Crippen LogP contribution in [0.25, 0.3) is 0 Å². The molecule has 0 saturated heterocycles. The van der Waals surface area contributed by atoms with Gasteiger partial charge < -0.3 is 10.6 Å². The van der Waals surface area contributed by atoms with Gasteiger partial charge in [0.25, 0.3) is 0 Å². The number of rotatable bonds is 3. The van der Waals surface area contributed by atoms with E-state index in [1.807, 2.05) is 0 Å². The summed E-state index contributed by atoms with van der Waals surface area (Å²) in [5.74, 6) is 1.68. The number of nitrogens with zero attached hydrogens (tertiary/aromatic N) is 2. The molecular weight excluding hydrogens is 198 g/mol. The van der Waals surface area contributed by atoms with Crippen LogP contribution in [-0.4, -0.2) is 18.9 Å². The highest BCUT2D eigenvalue weighted by molar-refractivity contribution is 6.00. The zero-order valence-electron chi connectivity index (χ0n) is 9.98. The monoisotopic (exact) mass is 217 g/mol. The summed E-state index contributed by atoms with van der Waals surface area (Å²) < 4.78 is 0. The fourth-order valence-corrected chi connectivity index (χ4v) is 2.03. The molecule has 1 aromatic rings. The average molecular weight is 217 g/mol. The van der Waals surface area contributed by atoms with E-state index in [0.717, 1.165) is 13.1 Å². The molecule has 0 amide bonds. The highest BCUT2D eigenvalue weighted by Gasteiger charge is 2.20. The van der Waals surface area contributed by atoms with Crippen molar-refractivity contribution >= 4 is 11.5 Å². The second kappa shape index (κ2) is 4.66. The van der Waals surface area contributed by atoms with Crippen LogP contribution in [0.5, 0.6) is 0 Å². The lowest BCUT2D eigenvalue weighted by atomic mass is 10.1. The van der Waals surface area contributed by atoms with Crippen molar-refractivity contribution in [3.63, 3.8) is 0 Å². The van der Waals surface area contributed by atoms with Crippen molar-refractivity contribution in [2.45, 2.75) is 20.4 Å². The molecule has 0 fully saturated rings. The fraction of sp³-hybridized carbons (Fsp3) is 0.462. The minimum absolute atomic E-state index is 0.483. The Labute approximate surface area is 97.0 Å². The number of anilines is 1. The SMILES string of the molecule is CC(C)C1=NCCN1c1ccc(CN)cc1. The number of aliphatic imine (C=N–C) groups is 1. The van der Waals surface area contributed by atoms with E-state index in [2.05, 4.69) is 48.0 Å². The summed E-state index contributed by atoms with van der Waals surface area (Å²) in [6, 6.07) is 8.44. The molecule has 0 saturated carbocycles. The van der Waals surface area contributed by atoms with Crippen LogP contribution in [-0.2, 0) is 6.54 Å². The maximum absolute atomic E-state index is 5.59. The van der Waals surface area contributed by atoms with E-state index in [4.69, 9.17) is 5.73 Å². The van der Waals surface area contributed by atoms with Gasteiger partial charge in [-0.05, 0) is 17.7 Å². The predicted octanol–water partition coefficient (Wildman–Crippen LogP) is 2.02. The number of nitrogens with two attached hydrogens (primary N) is 1. The molecule has 3 heteroatoms. The Kier molecular flexibility index (Phi) is 3.25. The summed E-state index contributed by atoms with van der Waals surface area (Å²) in [5.41, 5.74) is 7.99. The zero-order chi connectivity index (χ0) is 11.5. The molecule has 1 aromatic carbocycles. The summed E-state index contributed by atoms with van der Waals surface area (Å²) in [6.45, 7) is 6.88. The Balaban J connectivity index is 2.21. The molecule has 0 spiro atoms. The minimum atomic E-state index is 0.483. The molecule has 86 valence electrons. The molecule has 0 bridgehead atoms. The quantitative estimate of drug-likeness (QED) is 0.841. The molecule has 1 aliphatic rings. The van der Waals surface area contributed by atoms with Crippen LogP contribution in [0.4, 0.5) is 5.69 Å². The minimum Gasteiger partial charge on any atom is -0.328 e. The molecule has 0 aliphatic carbocycles. The maximum atomic E-state index is 5.59. The molecule has 1 aliphatic heterocycles. The van der Waals surface area contributed by atoms with Gasteiger partial charge in [-0.15, -0.1) is 0 Å². The third-order valence-electron chi connectivity index (χ3n) is 2.87. The molecular formula is C13H19N3. The highest BCUT2D eigenvalue weighted by atomic mass is 15.2. The number of benzene rings is 1. The normalized spacial score (nSPS) is 15.8. The van der Waals surface area contributed by atoms with Crippen molar-refractivity contribution in [3.8, 4) is 0 Å². The van der Waals surface area contributed by atoms with E-state index in [-0.39, 0.29) is 0 Å². The van der Waals surface area contributed by atoms with E-state index < -0.39 is 0 Å². The third-order valence-corrected chi connectivity index (χ3v) is 2.87. The average Bonchev–Trinajstić information content (AvgIpc) is 2.78. The molecule has 16 heavy (non-hydrogen) atoms. The molecule has 2 N–H and O–H groups in total. The van der Waals surface area contributed by atoms with E-state index in [1.165, 1.54) is 17.1 Å². The molecule has 0 unspecified atom stereocenters. The molecule has 1 heterocycles. The second-order valence-electron chi connectivity index (χ2n) is 4.42. The Morgan fingerprint density at radius 2 is 2.00 bits per heavy atom. The van der Waals surface area contributed by atoms with Gasteiger partial charge in [0.2, 0.25) is 0 Å². The molecule has 0 atom stereocenters. The van der Waals surface area contributed by atoms with Crippen molar-refractivity contribution < 1.29 is 0 Å². The number of hydrogen-bond acceptors (Lipinski definition) is 3. The van der Waals surface area contributed by atoms with Crippen LogP contribution < -0.4 is 10.6 Å². The summed E-state index contributed by atoms with van der Waals surface area (Å²) in [7, 11) is 0. The first kappa shape index (κ1) is 11.1. The lowest BCUT2D eigenvalue weighted by molar-refractivity contribution is 0.864. The Morgan fingerprint density at radius 1 is 1.31 bits per heavy atom. The van der Waals surface area contributed by atoms with Crippen molar-refractivity contribution in [3.05, 3.63) is 29.8 Å². The van der Waals surface area contributed by atoms with Crippen LogP contribution in [0.15, 0.2) is 29.3 Å². The van der Waals surface area contributed by atoms with Gasteiger partial charge in [-0.2, -0.15) is 0 Å². The molecule has 0 radical (unpaired) electrons. The summed E-state index contributed by atoms with van der Waals surface area (Å²) in [4.78, 5) is 6.85. The van der Waals surface area contributed by atoms with Crippen LogP contribution in [0.1, 0.15) is 19.4 Å². The number of amidine groups is 1. The Bertz CT molecular complexity index is 379. The third kappa shape index (κ3) is 2.09. The van der Waals surface area contributed by atoms with E-state index >= 15 is 0 Å². The van der Waals surface area contributed by atoms with Gasteiger partial charge in [-0.3, -0.25) is 4.99 Å². The fourth-order valence-electron chi connectivity index (χ4n) is 2.03. The summed E-state index contributed by atoms with van der Waals surface area (Å²) in [5, 5.41) is 0. The van der Waals surface area contributed by atoms with E-state index in [0.29, 0.717) is 12.5 Å². The predicted molar refractivity (Wildman–Crippen MR) is 68.8 cm³/mol. The number of hydrogen-bond donors (Lipinski definition) is 1. The largest absolute Gasteiger partial charge is 0.328 e. The first-order chi connectivity index (χ1) is 7.72. The van der Waals surface area contributed by atoms with Crippen LogP contribution in [0, 0.1) is 5.92 Å². The van der Waals surface area contributed by atoms with Crippen LogP contribution in [0.3, 0.4) is 0 Å². The first-order valence-electron chi connectivity index (χ1n) is 5.83. The van der Waals surface area contributed by atoms with Crippen molar-refractivity contribution in [1.82, 2.24) is 0 Å². The van der Waals surface area contributed by atoms with Crippen molar-refractivity contribution in [2.75, 3.05) is 18.0 Å². The van der Waals surface area contributed by atoms with Crippen molar-refractivity contribution in [1.29, 1.82) is 0 Å². The highest BCUT2D eigenvalue weighted by Crippen LogP contribution is 2.21. The van der Waals surface area contributed by atoms with Gasteiger partial charge >= 0.3 is 0 Å². The Morgan fingerprint density at radius 3 is 2.56 bits per heavy atom. The first-order valence-corrected chi connectivity index (χ1v) is 5.83. The van der Waals surface area contributed by atoms with Gasteiger partial charge in [-0.25, -0.2) is 0 Å². The van der Waals surface area contributed by atoms with Gasteiger partial charge in [0.05, 0.1) is 6.54 Å². The Hall–Kier alpha value is -1.35. The lowest BCUT2D eigenvalue weighted by Crippen LogP contribution is -2.30. The van der Waals surface area contributed by atoms with E-state index in [9.17, 15) is 0 Å². The van der Waals surface area contributed by atoms with Gasteiger partial charge in [-0.1, -0.05) is 26.0 Å². The van der Waals surface area contributed by atoms with Crippen LogP contribution in [0.2, 0.25) is 0 Å². The maximum Gasteiger partial charge on any atom is 0.106 e. The van der Waals surface area contributed by atoms with Gasteiger partial charge in [0, 0.05) is 24.7 Å². The van der Waals surface area contributed by atoms with Gasteiger partial charge in [0.1, 0.15) is 5.84 Å². The van der Waals surface area contributed by atoms with Crippen molar-refractivity contribution in [2.24, 2.45) is 16.6 Å². The molecule has 3 nitrogen and oxygen atoms in total. The van der Waals surface area contributed by atoms with E-state index in [1.54, 1.807) is 0 Å².